The molecule has 0 amide bonds. The van der Waals surface area contributed by atoms with E-state index in [4.69, 9.17) is 0 Å². The molecule has 4 rings (SSSR count). The monoisotopic (exact) mass is 257 g/mol. The van der Waals surface area contributed by atoms with E-state index in [2.05, 4.69) is 27.2 Å². The van der Waals surface area contributed by atoms with Gasteiger partial charge in [0, 0.05) is 31.9 Å². The molecule has 3 atom stereocenters. The first-order valence-corrected chi connectivity index (χ1v) is 7.15. The summed E-state index contributed by atoms with van der Waals surface area (Å²) in [4.78, 5) is 7.10. The first kappa shape index (κ1) is 11.2. The Bertz CT molecular complexity index is 559. The minimum Gasteiger partial charge on any atom is -0.336 e. The highest BCUT2D eigenvalue weighted by molar-refractivity contribution is 5.46. The number of aromatic nitrogens is 3. The molecule has 100 valence electrons. The van der Waals surface area contributed by atoms with Gasteiger partial charge in [0.1, 0.15) is 0 Å². The van der Waals surface area contributed by atoms with Crippen LogP contribution in [0.25, 0.3) is 5.65 Å². The fourth-order valence-electron chi connectivity index (χ4n) is 3.72. The quantitative estimate of drug-likeness (QED) is 0.877. The molecule has 2 aliphatic rings. The molecule has 19 heavy (non-hydrogen) atoms. The first-order chi connectivity index (χ1) is 9.36. The highest BCUT2D eigenvalue weighted by atomic mass is 15.4. The summed E-state index contributed by atoms with van der Waals surface area (Å²) in [5, 5.41) is 8.15. The van der Waals surface area contributed by atoms with Gasteiger partial charge < -0.3 is 10.2 Å². The largest absolute Gasteiger partial charge is 0.336 e. The lowest BCUT2D eigenvalue weighted by atomic mass is 9.93. The molecule has 0 spiro atoms. The molecule has 0 aromatic carbocycles. The minimum atomic E-state index is 0.581. The molecule has 2 fully saturated rings. The summed E-state index contributed by atoms with van der Waals surface area (Å²) >= 11 is 0. The van der Waals surface area contributed by atoms with E-state index in [1.54, 1.807) is 0 Å². The summed E-state index contributed by atoms with van der Waals surface area (Å²) in [5.41, 5.74) is 0.933. The van der Waals surface area contributed by atoms with Crippen molar-refractivity contribution in [3.05, 3.63) is 24.4 Å². The van der Waals surface area contributed by atoms with Gasteiger partial charge in [-0.25, -0.2) is 4.52 Å². The van der Waals surface area contributed by atoms with Crippen LogP contribution in [-0.2, 0) is 0 Å². The fraction of sp³-hybridized carbons (Fsp3) is 0.571. The van der Waals surface area contributed by atoms with Crippen molar-refractivity contribution in [2.75, 3.05) is 24.5 Å². The van der Waals surface area contributed by atoms with E-state index in [1.807, 2.05) is 28.9 Å². The van der Waals surface area contributed by atoms with Gasteiger partial charge >= 0.3 is 0 Å². The van der Waals surface area contributed by atoms with E-state index in [-0.39, 0.29) is 0 Å². The summed E-state index contributed by atoms with van der Waals surface area (Å²) in [6.45, 7) is 5.65. The molecule has 5 nitrogen and oxygen atoms in total. The molecular formula is C14H19N5. The number of nitrogens with one attached hydrogen (secondary N) is 1. The third-order valence-electron chi connectivity index (χ3n) is 4.62. The Hall–Kier alpha value is -1.62. The Morgan fingerprint density at radius 3 is 3.16 bits per heavy atom. The van der Waals surface area contributed by atoms with Gasteiger partial charge in [0.15, 0.2) is 5.65 Å². The molecule has 1 N–H and O–H groups in total. The molecule has 0 bridgehead atoms. The Morgan fingerprint density at radius 1 is 1.37 bits per heavy atom. The molecule has 0 saturated carbocycles. The lowest BCUT2D eigenvalue weighted by molar-refractivity contribution is 0.440. The predicted octanol–water partition coefficient (Wildman–Crippen LogP) is 1.16. The predicted molar refractivity (Wildman–Crippen MR) is 74.3 cm³/mol. The molecule has 5 heteroatoms. The maximum Gasteiger partial charge on any atom is 0.245 e. The Labute approximate surface area is 112 Å². The van der Waals surface area contributed by atoms with E-state index in [1.165, 1.54) is 6.42 Å². The van der Waals surface area contributed by atoms with Crippen LogP contribution in [0, 0.1) is 11.8 Å². The maximum atomic E-state index is 4.68. The van der Waals surface area contributed by atoms with Gasteiger partial charge in [-0.2, -0.15) is 4.98 Å². The van der Waals surface area contributed by atoms with Gasteiger partial charge in [0.05, 0.1) is 0 Å². The summed E-state index contributed by atoms with van der Waals surface area (Å²) < 4.78 is 1.87. The summed E-state index contributed by atoms with van der Waals surface area (Å²) in [7, 11) is 0. The van der Waals surface area contributed by atoms with Crippen molar-refractivity contribution in [3.63, 3.8) is 0 Å². The molecular weight excluding hydrogens is 238 g/mol. The van der Waals surface area contributed by atoms with Crippen LogP contribution in [0.1, 0.15) is 13.3 Å². The Balaban J connectivity index is 1.71. The average Bonchev–Trinajstić information content (AvgIpc) is 3.10. The number of hydrogen-bond acceptors (Lipinski definition) is 4. The number of rotatable bonds is 2. The van der Waals surface area contributed by atoms with Crippen LogP contribution in [0.5, 0.6) is 0 Å². The SMILES string of the molecule is CCC1C2CNCC2CN1c1nc2ccccn2n1. The molecule has 0 aliphatic carbocycles. The van der Waals surface area contributed by atoms with E-state index >= 15 is 0 Å². The van der Waals surface area contributed by atoms with Crippen LogP contribution in [0.15, 0.2) is 24.4 Å². The first-order valence-electron chi connectivity index (χ1n) is 7.15. The van der Waals surface area contributed by atoms with Crippen molar-refractivity contribution in [1.29, 1.82) is 0 Å². The van der Waals surface area contributed by atoms with Crippen LogP contribution < -0.4 is 10.2 Å². The zero-order valence-electron chi connectivity index (χ0n) is 11.2. The summed E-state index contributed by atoms with van der Waals surface area (Å²) in [6.07, 6.45) is 3.13. The average molecular weight is 257 g/mol. The fourth-order valence-corrected chi connectivity index (χ4v) is 3.72. The number of hydrogen-bond donors (Lipinski definition) is 1. The molecule has 2 aromatic rings. The van der Waals surface area contributed by atoms with Crippen molar-refractivity contribution in [1.82, 2.24) is 19.9 Å². The van der Waals surface area contributed by atoms with Gasteiger partial charge in [0.25, 0.3) is 0 Å². The Morgan fingerprint density at radius 2 is 2.32 bits per heavy atom. The summed E-state index contributed by atoms with van der Waals surface area (Å²) in [5.74, 6) is 2.42. The molecule has 2 aliphatic heterocycles. The molecule has 2 aromatic heterocycles. The van der Waals surface area contributed by atoms with Crippen LogP contribution in [-0.4, -0.2) is 40.3 Å². The minimum absolute atomic E-state index is 0.581. The van der Waals surface area contributed by atoms with E-state index in [0.29, 0.717) is 6.04 Å². The zero-order valence-corrected chi connectivity index (χ0v) is 11.2. The van der Waals surface area contributed by atoms with Crippen LogP contribution in [0.3, 0.4) is 0 Å². The maximum absolute atomic E-state index is 4.68. The smallest absolute Gasteiger partial charge is 0.245 e. The van der Waals surface area contributed by atoms with E-state index in [9.17, 15) is 0 Å². The van der Waals surface area contributed by atoms with Crippen LogP contribution >= 0.6 is 0 Å². The normalized spacial score (nSPS) is 30.2. The second-order valence-electron chi connectivity index (χ2n) is 5.63. The van der Waals surface area contributed by atoms with Gasteiger partial charge in [-0.3, -0.25) is 0 Å². The van der Waals surface area contributed by atoms with Crippen molar-refractivity contribution in [3.8, 4) is 0 Å². The Kier molecular flexibility index (Phi) is 2.48. The van der Waals surface area contributed by atoms with E-state index < -0.39 is 0 Å². The molecule has 2 saturated heterocycles. The zero-order chi connectivity index (χ0) is 12.8. The van der Waals surface area contributed by atoms with Gasteiger partial charge in [-0.1, -0.05) is 13.0 Å². The molecule has 3 unspecified atom stereocenters. The van der Waals surface area contributed by atoms with Gasteiger partial charge in [-0.15, -0.1) is 5.10 Å². The highest BCUT2D eigenvalue weighted by Crippen LogP contribution is 2.36. The number of anilines is 1. The molecule has 4 heterocycles. The standard InChI is InChI=1S/C14H19N5/c1-2-12-11-8-15-7-10(11)9-18(12)14-16-13-5-3-4-6-19(13)17-14/h3-6,10-12,15H,2,7-9H2,1H3. The van der Waals surface area contributed by atoms with Gasteiger partial charge in [0.2, 0.25) is 5.95 Å². The number of fused-ring (bicyclic) bond motifs is 2. The summed E-state index contributed by atoms with van der Waals surface area (Å²) in [6, 6.07) is 6.59. The van der Waals surface area contributed by atoms with Crippen LogP contribution in [0.4, 0.5) is 5.95 Å². The number of pyridine rings is 1. The van der Waals surface area contributed by atoms with Crippen molar-refractivity contribution >= 4 is 11.6 Å². The third-order valence-corrected chi connectivity index (χ3v) is 4.62. The lowest BCUT2D eigenvalue weighted by Gasteiger charge is -2.25. The van der Waals surface area contributed by atoms with Crippen molar-refractivity contribution in [2.24, 2.45) is 11.8 Å². The third kappa shape index (κ3) is 1.64. The number of nitrogens with zero attached hydrogens (tertiary/aromatic N) is 4. The second-order valence-corrected chi connectivity index (χ2v) is 5.63. The molecule has 0 radical (unpaired) electrons. The van der Waals surface area contributed by atoms with Crippen molar-refractivity contribution < 1.29 is 0 Å². The highest BCUT2D eigenvalue weighted by Gasteiger charge is 2.44. The lowest BCUT2D eigenvalue weighted by Crippen LogP contribution is -2.35. The van der Waals surface area contributed by atoms with Crippen molar-refractivity contribution in [2.45, 2.75) is 19.4 Å². The van der Waals surface area contributed by atoms with E-state index in [0.717, 1.165) is 43.1 Å². The topological polar surface area (TPSA) is 45.5 Å². The second kappa shape index (κ2) is 4.20. The van der Waals surface area contributed by atoms with Gasteiger partial charge in [-0.05, 0) is 30.4 Å². The van der Waals surface area contributed by atoms with Crippen LogP contribution in [0.2, 0.25) is 0 Å².